The van der Waals surface area contributed by atoms with Crippen LogP contribution in [0.25, 0.3) is 5.69 Å². The Bertz CT molecular complexity index is 1030. The van der Waals surface area contributed by atoms with E-state index in [-0.39, 0.29) is 27.8 Å². The van der Waals surface area contributed by atoms with Gasteiger partial charge in [-0.15, -0.1) is 0 Å². The largest absolute Gasteiger partial charge is 0.493 e. The van der Waals surface area contributed by atoms with E-state index in [1.165, 1.54) is 37.6 Å². The Morgan fingerprint density at radius 3 is 2.64 bits per heavy atom. The molecule has 146 valence electrons. The van der Waals surface area contributed by atoms with Gasteiger partial charge in [-0.25, -0.2) is 9.07 Å². The predicted octanol–water partition coefficient (Wildman–Crippen LogP) is 4.94. The van der Waals surface area contributed by atoms with E-state index in [1.54, 1.807) is 0 Å². The van der Waals surface area contributed by atoms with Gasteiger partial charge in [-0.2, -0.15) is 18.3 Å². The molecular weight excluding hydrogens is 402 g/mol. The molecule has 1 amide bonds. The van der Waals surface area contributed by atoms with Crippen LogP contribution < -0.4 is 10.1 Å². The molecule has 28 heavy (non-hydrogen) atoms. The molecule has 2 aromatic carbocycles. The van der Waals surface area contributed by atoms with E-state index in [0.717, 1.165) is 22.9 Å². The van der Waals surface area contributed by atoms with Gasteiger partial charge in [0.15, 0.2) is 11.4 Å². The molecule has 0 saturated heterocycles. The quantitative estimate of drug-likeness (QED) is 0.616. The van der Waals surface area contributed by atoms with Gasteiger partial charge in [-0.1, -0.05) is 17.7 Å². The van der Waals surface area contributed by atoms with Crippen LogP contribution >= 0.6 is 11.6 Å². The van der Waals surface area contributed by atoms with Crippen LogP contribution in [-0.2, 0) is 6.18 Å². The van der Waals surface area contributed by atoms with E-state index >= 15 is 0 Å². The highest BCUT2D eigenvalue weighted by Gasteiger charge is 2.30. The summed E-state index contributed by atoms with van der Waals surface area (Å²) in [5, 5.41) is 6.49. The number of alkyl halides is 3. The number of benzene rings is 2. The molecule has 0 aliphatic heterocycles. The molecule has 0 fully saturated rings. The Kier molecular flexibility index (Phi) is 5.28. The van der Waals surface area contributed by atoms with Gasteiger partial charge in [-0.3, -0.25) is 4.79 Å². The van der Waals surface area contributed by atoms with Crippen LogP contribution in [0.15, 0.2) is 48.7 Å². The molecule has 0 atom stereocenters. The Balaban J connectivity index is 1.95. The summed E-state index contributed by atoms with van der Waals surface area (Å²) >= 11 is 5.79. The number of hydrogen-bond acceptors (Lipinski definition) is 3. The van der Waals surface area contributed by atoms with E-state index in [4.69, 9.17) is 16.3 Å². The minimum absolute atomic E-state index is 0.00246. The molecule has 0 bridgehead atoms. The number of rotatable bonds is 4. The second-order valence-corrected chi connectivity index (χ2v) is 6.05. The summed E-state index contributed by atoms with van der Waals surface area (Å²) in [6, 6.07) is 8.01. The Hall–Kier alpha value is -3.07. The highest BCUT2D eigenvalue weighted by atomic mass is 35.5. The molecular formula is C18H12ClF4N3O2. The lowest BCUT2D eigenvalue weighted by atomic mass is 10.2. The zero-order valence-corrected chi connectivity index (χ0v) is 15.0. The number of nitrogens with zero attached hydrogens (tertiary/aromatic N) is 2. The van der Waals surface area contributed by atoms with Crippen LogP contribution in [0.5, 0.6) is 5.75 Å². The van der Waals surface area contributed by atoms with Crippen LogP contribution in [0.4, 0.5) is 23.2 Å². The summed E-state index contributed by atoms with van der Waals surface area (Å²) in [7, 11) is 1.27. The third-order valence-corrected chi connectivity index (χ3v) is 3.97. The van der Waals surface area contributed by atoms with Crippen molar-refractivity contribution in [2.45, 2.75) is 6.18 Å². The minimum Gasteiger partial charge on any atom is -0.493 e. The molecule has 5 nitrogen and oxygen atoms in total. The van der Waals surface area contributed by atoms with Crippen molar-refractivity contribution in [1.82, 2.24) is 9.78 Å². The van der Waals surface area contributed by atoms with Gasteiger partial charge >= 0.3 is 6.18 Å². The Morgan fingerprint density at radius 2 is 1.96 bits per heavy atom. The molecule has 0 saturated carbocycles. The van der Waals surface area contributed by atoms with Gasteiger partial charge in [0.05, 0.1) is 30.2 Å². The zero-order valence-electron chi connectivity index (χ0n) is 14.2. The minimum atomic E-state index is -4.53. The van der Waals surface area contributed by atoms with Crippen molar-refractivity contribution in [3.8, 4) is 11.4 Å². The number of carbonyl (C=O) groups is 1. The van der Waals surface area contributed by atoms with Crippen molar-refractivity contribution in [2.75, 3.05) is 12.4 Å². The fraction of sp³-hybridized carbons (Fsp3) is 0.111. The number of hydrogen-bond donors (Lipinski definition) is 1. The van der Waals surface area contributed by atoms with Crippen LogP contribution in [0.3, 0.4) is 0 Å². The van der Waals surface area contributed by atoms with Crippen molar-refractivity contribution in [1.29, 1.82) is 0 Å². The standard InChI is InChI=1S/C18H12ClF4N3O2/c1-28-15-9-26(12-4-2-3-10(7-12)18(21,22)23)25-16(15)17(27)24-14-8-11(19)5-6-13(14)20/h2-9H,1H3,(H,24,27). The summed E-state index contributed by atoms with van der Waals surface area (Å²) in [6.45, 7) is 0. The Morgan fingerprint density at radius 1 is 1.21 bits per heavy atom. The fourth-order valence-corrected chi connectivity index (χ4v) is 2.57. The fourth-order valence-electron chi connectivity index (χ4n) is 2.40. The number of methoxy groups -OCH3 is 1. The number of nitrogens with one attached hydrogen (secondary N) is 1. The maximum absolute atomic E-state index is 13.8. The SMILES string of the molecule is COc1cn(-c2cccc(C(F)(F)F)c2)nc1C(=O)Nc1cc(Cl)ccc1F. The van der Waals surface area contributed by atoms with E-state index in [2.05, 4.69) is 10.4 Å². The molecule has 0 spiro atoms. The predicted molar refractivity (Wildman–Crippen MR) is 94.5 cm³/mol. The molecule has 10 heteroatoms. The van der Waals surface area contributed by atoms with Gasteiger partial charge < -0.3 is 10.1 Å². The summed E-state index contributed by atoms with van der Waals surface area (Å²) in [6.07, 6.45) is -3.28. The molecule has 1 aromatic heterocycles. The van der Waals surface area contributed by atoms with Crippen molar-refractivity contribution in [3.05, 3.63) is 70.8 Å². The molecule has 0 aliphatic carbocycles. The maximum atomic E-state index is 13.8. The molecule has 3 aromatic rings. The molecule has 1 heterocycles. The lowest BCUT2D eigenvalue weighted by molar-refractivity contribution is -0.137. The molecule has 0 radical (unpaired) electrons. The first-order valence-electron chi connectivity index (χ1n) is 7.76. The van der Waals surface area contributed by atoms with E-state index in [9.17, 15) is 22.4 Å². The van der Waals surface area contributed by atoms with Crippen LogP contribution in [0.2, 0.25) is 5.02 Å². The third kappa shape index (κ3) is 4.09. The zero-order chi connectivity index (χ0) is 20.5. The van der Waals surface area contributed by atoms with Gasteiger partial charge in [0.25, 0.3) is 5.91 Å². The number of ether oxygens (including phenoxy) is 1. The summed E-state index contributed by atoms with van der Waals surface area (Å²) < 4.78 is 58.7. The van der Waals surface area contributed by atoms with E-state index < -0.39 is 23.5 Å². The lowest BCUT2D eigenvalue weighted by Crippen LogP contribution is -2.15. The molecule has 0 aliphatic rings. The van der Waals surface area contributed by atoms with Crippen molar-refractivity contribution in [3.63, 3.8) is 0 Å². The first kappa shape index (κ1) is 19.7. The molecule has 0 unspecified atom stereocenters. The average Bonchev–Trinajstić information content (AvgIpc) is 3.09. The highest BCUT2D eigenvalue weighted by molar-refractivity contribution is 6.31. The second kappa shape index (κ2) is 7.51. The van der Waals surface area contributed by atoms with Gasteiger partial charge in [0.1, 0.15) is 5.82 Å². The summed E-state index contributed by atoms with van der Waals surface area (Å²) in [4.78, 5) is 12.5. The van der Waals surface area contributed by atoms with Crippen molar-refractivity contribution >= 4 is 23.2 Å². The monoisotopic (exact) mass is 413 g/mol. The normalized spacial score (nSPS) is 11.4. The van der Waals surface area contributed by atoms with E-state index in [1.807, 2.05) is 0 Å². The van der Waals surface area contributed by atoms with Gasteiger partial charge in [0.2, 0.25) is 0 Å². The average molecular weight is 414 g/mol. The van der Waals surface area contributed by atoms with Gasteiger partial charge in [0, 0.05) is 5.02 Å². The second-order valence-electron chi connectivity index (χ2n) is 5.62. The first-order valence-corrected chi connectivity index (χ1v) is 8.14. The molecule has 1 N–H and O–H groups in total. The third-order valence-electron chi connectivity index (χ3n) is 3.73. The number of amides is 1. The first-order chi connectivity index (χ1) is 13.2. The number of aromatic nitrogens is 2. The highest BCUT2D eigenvalue weighted by Crippen LogP contribution is 2.31. The lowest BCUT2D eigenvalue weighted by Gasteiger charge is -2.08. The van der Waals surface area contributed by atoms with Crippen LogP contribution in [0.1, 0.15) is 16.1 Å². The van der Waals surface area contributed by atoms with E-state index in [0.29, 0.717) is 0 Å². The smallest absolute Gasteiger partial charge is 0.416 e. The summed E-state index contributed by atoms with van der Waals surface area (Å²) in [5.41, 5.74) is -1.21. The van der Waals surface area contributed by atoms with Crippen LogP contribution in [-0.4, -0.2) is 22.8 Å². The Labute approximate surface area is 161 Å². The topological polar surface area (TPSA) is 56.2 Å². The maximum Gasteiger partial charge on any atom is 0.416 e. The summed E-state index contributed by atoms with van der Waals surface area (Å²) in [5.74, 6) is -1.53. The number of anilines is 1. The van der Waals surface area contributed by atoms with Gasteiger partial charge in [-0.05, 0) is 36.4 Å². The number of halogens is 5. The van der Waals surface area contributed by atoms with Crippen molar-refractivity contribution < 1.29 is 27.1 Å². The van der Waals surface area contributed by atoms with Crippen LogP contribution in [0, 0.1) is 5.82 Å². The molecule has 3 rings (SSSR count). The number of carbonyl (C=O) groups excluding carboxylic acids is 1. The van der Waals surface area contributed by atoms with Crippen molar-refractivity contribution in [2.24, 2.45) is 0 Å².